The van der Waals surface area contributed by atoms with Crippen molar-refractivity contribution in [2.75, 3.05) is 11.9 Å². The molecular weight excluding hydrogens is 330 g/mol. The maximum Gasteiger partial charge on any atom is 0.148 e. The summed E-state index contributed by atoms with van der Waals surface area (Å²) < 4.78 is 2.71. The Bertz CT molecular complexity index is 569. The second kappa shape index (κ2) is 6.34. The first-order valence-electron chi connectivity index (χ1n) is 5.99. The number of halogens is 2. The van der Waals surface area contributed by atoms with Crippen LogP contribution in [-0.4, -0.2) is 26.3 Å². The van der Waals surface area contributed by atoms with Crippen molar-refractivity contribution in [3.05, 3.63) is 33.4 Å². The molecule has 1 N–H and O–H groups in total. The van der Waals surface area contributed by atoms with Crippen LogP contribution in [0.5, 0.6) is 0 Å². The Balaban J connectivity index is 1.84. The van der Waals surface area contributed by atoms with E-state index in [4.69, 9.17) is 11.6 Å². The fourth-order valence-electron chi connectivity index (χ4n) is 1.81. The minimum absolute atomic E-state index is 0.413. The van der Waals surface area contributed by atoms with Gasteiger partial charge in [0.1, 0.15) is 17.3 Å². The van der Waals surface area contributed by atoms with Crippen molar-refractivity contribution in [3.63, 3.8) is 0 Å². The summed E-state index contributed by atoms with van der Waals surface area (Å²) in [6.45, 7) is 5.74. The van der Waals surface area contributed by atoms with Gasteiger partial charge in [0.25, 0.3) is 0 Å². The number of rotatable bonds is 5. The van der Waals surface area contributed by atoms with Crippen molar-refractivity contribution in [2.45, 2.75) is 26.8 Å². The Hall–Kier alpha value is -1.14. The minimum Gasteiger partial charge on any atom is -0.369 e. The van der Waals surface area contributed by atoms with Crippen molar-refractivity contribution in [3.8, 4) is 0 Å². The van der Waals surface area contributed by atoms with Gasteiger partial charge in [-0.1, -0.05) is 11.6 Å². The van der Waals surface area contributed by atoms with Gasteiger partial charge < -0.3 is 5.32 Å². The Kier molecular flexibility index (Phi) is 4.76. The number of aromatic nitrogens is 4. The summed E-state index contributed by atoms with van der Waals surface area (Å²) in [4.78, 5) is 8.01. The Morgan fingerprint density at radius 3 is 2.84 bits per heavy atom. The topological polar surface area (TPSA) is 55.6 Å². The molecule has 0 aliphatic rings. The first-order valence-corrected chi connectivity index (χ1v) is 7.16. The normalized spacial score (nSPS) is 10.7. The van der Waals surface area contributed by atoms with Crippen LogP contribution >= 0.6 is 27.5 Å². The number of hydrogen-bond acceptors (Lipinski definition) is 4. The summed E-state index contributed by atoms with van der Waals surface area (Å²) in [5.41, 5.74) is 2.24. The third kappa shape index (κ3) is 3.67. The summed E-state index contributed by atoms with van der Waals surface area (Å²) in [7, 11) is 0. The summed E-state index contributed by atoms with van der Waals surface area (Å²) in [5, 5.41) is 8.06. The van der Waals surface area contributed by atoms with Crippen LogP contribution in [-0.2, 0) is 6.54 Å². The van der Waals surface area contributed by atoms with Crippen molar-refractivity contribution in [1.82, 2.24) is 19.7 Å². The molecule has 0 aliphatic carbocycles. The van der Waals surface area contributed by atoms with Gasteiger partial charge in [-0.25, -0.2) is 9.97 Å². The number of nitrogens with zero attached hydrogens (tertiary/aromatic N) is 4. The summed E-state index contributed by atoms with van der Waals surface area (Å²) in [6, 6.07) is 2.08. The zero-order valence-corrected chi connectivity index (χ0v) is 13.2. The van der Waals surface area contributed by atoms with E-state index in [9.17, 15) is 0 Å². The molecule has 19 heavy (non-hydrogen) atoms. The standard InChI is InChI=1S/C12H15BrClN5/c1-8-6-9(2)19(18-8)5-3-4-15-12-10(13)11(14)16-7-17-12/h6-7H,3-5H2,1-2H3,(H,15,16,17). The SMILES string of the molecule is Cc1cc(C)n(CCCNc2ncnc(Cl)c2Br)n1. The second-order valence-electron chi connectivity index (χ2n) is 4.26. The third-order valence-corrected chi connectivity index (χ3v) is 3.96. The lowest BCUT2D eigenvalue weighted by atomic mass is 10.4. The predicted octanol–water partition coefficient (Wildman–Crippen LogP) is 3.21. The molecule has 0 unspecified atom stereocenters. The lowest BCUT2D eigenvalue weighted by Crippen LogP contribution is -2.10. The maximum absolute atomic E-state index is 5.89. The molecule has 0 fully saturated rings. The molecule has 2 aromatic heterocycles. The highest BCUT2D eigenvalue weighted by atomic mass is 79.9. The molecule has 0 aromatic carbocycles. The summed E-state index contributed by atoms with van der Waals surface area (Å²) in [5.74, 6) is 0.716. The van der Waals surface area contributed by atoms with E-state index in [1.807, 2.05) is 11.6 Å². The van der Waals surface area contributed by atoms with E-state index < -0.39 is 0 Å². The lowest BCUT2D eigenvalue weighted by molar-refractivity contribution is 0.573. The number of hydrogen-bond donors (Lipinski definition) is 1. The van der Waals surface area contributed by atoms with Gasteiger partial charge in [-0.05, 0) is 42.3 Å². The van der Waals surface area contributed by atoms with Crippen molar-refractivity contribution >= 4 is 33.3 Å². The molecule has 2 aromatic rings. The van der Waals surface area contributed by atoms with Crippen LogP contribution in [0, 0.1) is 13.8 Å². The largest absolute Gasteiger partial charge is 0.369 e. The van der Waals surface area contributed by atoms with Crippen LogP contribution in [0.15, 0.2) is 16.9 Å². The molecule has 5 nitrogen and oxygen atoms in total. The molecular formula is C12H15BrClN5. The van der Waals surface area contributed by atoms with Crippen molar-refractivity contribution in [1.29, 1.82) is 0 Å². The smallest absolute Gasteiger partial charge is 0.148 e. The van der Waals surface area contributed by atoms with E-state index in [0.717, 1.165) is 25.2 Å². The van der Waals surface area contributed by atoms with Gasteiger partial charge in [0.05, 0.1) is 10.2 Å². The van der Waals surface area contributed by atoms with Gasteiger partial charge in [-0.3, -0.25) is 4.68 Å². The average molecular weight is 345 g/mol. The highest BCUT2D eigenvalue weighted by Gasteiger charge is 2.06. The first kappa shape index (κ1) is 14.3. The molecule has 0 bridgehead atoms. The van der Waals surface area contributed by atoms with Crippen LogP contribution in [0.2, 0.25) is 5.15 Å². The maximum atomic E-state index is 5.89. The second-order valence-corrected chi connectivity index (χ2v) is 5.41. The lowest BCUT2D eigenvalue weighted by Gasteiger charge is -2.08. The van der Waals surface area contributed by atoms with E-state index in [1.165, 1.54) is 12.0 Å². The average Bonchev–Trinajstić information content (AvgIpc) is 2.68. The van der Waals surface area contributed by atoms with Crippen molar-refractivity contribution < 1.29 is 0 Å². The zero-order chi connectivity index (χ0) is 13.8. The van der Waals surface area contributed by atoms with Crippen LogP contribution < -0.4 is 5.32 Å². The van der Waals surface area contributed by atoms with Gasteiger partial charge in [0.15, 0.2) is 0 Å². The molecule has 0 aliphatic heterocycles. The van der Waals surface area contributed by atoms with E-state index >= 15 is 0 Å². The molecule has 0 saturated heterocycles. The zero-order valence-electron chi connectivity index (χ0n) is 10.8. The van der Waals surface area contributed by atoms with Gasteiger partial charge in [-0.2, -0.15) is 5.10 Å². The highest BCUT2D eigenvalue weighted by molar-refractivity contribution is 9.10. The molecule has 102 valence electrons. The molecule has 0 saturated carbocycles. The minimum atomic E-state index is 0.413. The summed E-state index contributed by atoms with van der Waals surface area (Å²) >= 11 is 9.25. The van der Waals surface area contributed by atoms with Gasteiger partial charge in [0, 0.05) is 18.8 Å². The fourth-order valence-corrected chi connectivity index (χ4v) is 2.29. The molecule has 7 heteroatoms. The number of nitrogens with one attached hydrogen (secondary N) is 1. The quantitative estimate of drug-likeness (QED) is 0.668. The third-order valence-electron chi connectivity index (χ3n) is 2.69. The predicted molar refractivity (Wildman–Crippen MR) is 79.5 cm³/mol. The highest BCUT2D eigenvalue weighted by Crippen LogP contribution is 2.25. The van der Waals surface area contributed by atoms with Crippen LogP contribution in [0.1, 0.15) is 17.8 Å². The first-order chi connectivity index (χ1) is 9.08. The van der Waals surface area contributed by atoms with Gasteiger partial charge in [0.2, 0.25) is 0 Å². The van der Waals surface area contributed by atoms with E-state index in [2.05, 4.69) is 49.3 Å². The molecule has 2 heterocycles. The fraction of sp³-hybridized carbons (Fsp3) is 0.417. The Labute approximate surface area is 125 Å². The summed E-state index contributed by atoms with van der Waals surface area (Å²) in [6.07, 6.45) is 2.40. The van der Waals surface area contributed by atoms with Crippen LogP contribution in [0.3, 0.4) is 0 Å². The number of anilines is 1. The van der Waals surface area contributed by atoms with E-state index in [0.29, 0.717) is 15.4 Å². The van der Waals surface area contributed by atoms with E-state index in [1.54, 1.807) is 0 Å². The molecule has 0 amide bonds. The molecule has 2 rings (SSSR count). The van der Waals surface area contributed by atoms with Gasteiger partial charge in [-0.15, -0.1) is 0 Å². The van der Waals surface area contributed by atoms with Crippen molar-refractivity contribution in [2.24, 2.45) is 0 Å². The van der Waals surface area contributed by atoms with Gasteiger partial charge >= 0.3 is 0 Å². The molecule has 0 spiro atoms. The van der Waals surface area contributed by atoms with Crippen LogP contribution in [0.25, 0.3) is 0 Å². The molecule has 0 radical (unpaired) electrons. The molecule has 0 atom stereocenters. The van der Waals surface area contributed by atoms with E-state index in [-0.39, 0.29) is 0 Å². The Morgan fingerprint density at radius 1 is 1.37 bits per heavy atom. The monoisotopic (exact) mass is 343 g/mol. The van der Waals surface area contributed by atoms with Crippen LogP contribution in [0.4, 0.5) is 5.82 Å². The number of aryl methyl sites for hydroxylation is 3. The Morgan fingerprint density at radius 2 is 2.16 bits per heavy atom.